The predicted octanol–water partition coefficient (Wildman–Crippen LogP) is 3.68. The maximum absolute atomic E-state index is 3.45. The first kappa shape index (κ1) is 13.8. The van der Waals surface area contributed by atoms with Gasteiger partial charge in [-0.2, -0.15) is 0 Å². The van der Waals surface area contributed by atoms with Crippen LogP contribution in [-0.4, -0.2) is 13.1 Å². The highest BCUT2D eigenvalue weighted by Gasteiger charge is 2.10. The van der Waals surface area contributed by atoms with E-state index < -0.39 is 0 Å². The molecule has 0 bridgehead atoms. The molecule has 0 atom stereocenters. The molecular formula is C18H23N. The molecule has 0 fully saturated rings. The summed E-state index contributed by atoms with van der Waals surface area (Å²) in [5.41, 5.74) is 5.64. The summed E-state index contributed by atoms with van der Waals surface area (Å²) in [6, 6.07) is 17.8. The van der Waals surface area contributed by atoms with Crippen LogP contribution in [0.3, 0.4) is 0 Å². The van der Waals surface area contributed by atoms with Crippen molar-refractivity contribution in [2.45, 2.75) is 32.7 Å². The average Bonchev–Trinajstić information content (AvgIpc) is 2.42. The van der Waals surface area contributed by atoms with Crippen LogP contribution < -0.4 is 5.32 Å². The Kier molecular flexibility index (Phi) is 4.75. The number of likely N-dealkylation sites (N-methyl/N-ethyl adjacent to an activating group) is 1. The first-order valence-corrected chi connectivity index (χ1v) is 6.97. The molecule has 0 amide bonds. The fourth-order valence-corrected chi connectivity index (χ4v) is 2.49. The largest absolute Gasteiger partial charge is 0.316 e. The Morgan fingerprint density at radius 1 is 0.789 bits per heavy atom. The van der Waals surface area contributed by atoms with E-state index in [-0.39, 0.29) is 0 Å². The Morgan fingerprint density at radius 2 is 1.21 bits per heavy atom. The molecule has 1 heteroatoms. The molecule has 0 aliphatic carbocycles. The highest BCUT2D eigenvalue weighted by molar-refractivity contribution is 5.29. The third kappa shape index (κ3) is 3.68. The summed E-state index contributed by atoms with van der Waals surface area (Å²) in [6.45, 7) is 4.38. The van der Waals surface area contributed by atoms with Crippen molar-refractivity contribution >= 4 is 0 Å². The van der Waals surface area contributed by atoms with E-state index in [0.717, 1.165) is 12.8 Å². The maximum Gasteiger partial charge on any atom is 0.0145 e. The Bertz CT molecular complexity index is 483. The minimum atomic E-state index is 0.488. The third-order valence-corrected chi connectivity index (χ3v) is 3.86. The van der Waals surface area contributed by atoms with Crippen LogP contribution in [-0.2, 0) is 12.8 Å². The number of hydrogen-bond acceptors (Lipinski definition) is 1. The molecule has 0 heterocycles. The fraction of sp³-hybridized carbons (Fsp3) is 0.333. The van der Waals surface area contributed by atoms with Crippen molar-refractivity contribution in [3.05, 3.63) is 70.8 Å². The van der Waals surface area contributed by atoms with E-state index in [2.05, 4.69) is 74.7 Å². The molecule has 0 aliphatic rings. The normalized spacial score (nSPS) is 10.9. The quantitative estimate of drug-likeness (QED) is 0.857. The molecule has 0 aromatic heterocycles. The van der Waals surface area contributed by atoms with Crippen LogP contribution >= 0.6 is 0 Å². The fourth-order valence-electron chi connectivity index (χ4n) is 2.49. The molecule has 1 nitrogen and oxygen atoms in total. The smallest absolute Gasteiger partial charge is 0.0145 e. The lowest BCUT2D eigenvalue weighted by atomic mass is 9.95. The number of hydrogen-bond donors (Lipinski definition) is 1. The molecule has 19 heavy (non-hydrogen) atoms. The molecule has 0 saturated heterocycles. The number of rotatable bonds is 5. The van der Waals surface area contributed by atoms with Crippen LogP contribution in [0.1, 0.15) is 22.3 Å². The highest BCUT2D eigenvalue weighted by Crippen LogP contribution is 2.14. The molecule has 0 unspecified atom stereocenters. The zero-order chi connectivity index (χ0) is 13.7. The van der Waals surface area contributed by atoms with E-state index in [0.29, 0.717) is 6.04 Å². The summed E-state index contributed by atoms with van der Waals surface area (Å²) >= 11 is 0. The lowest BCUT2D eigenvalue weighted by Crippen LogP contribution is -2.30. The summed E-state index contributed by atoms with van der Waals surface area (Å²) < 4.78 is 0. The molecule has 0 spiro atoms. The second kappa shape index (κ2) is 6.53. The predicted molar refractivity (Wildman–Crippen MR) is 82.6 cm³/mol. The molecule has 100 valence electrons. The van der Waals surface area contributed by atoms with Crippen LogP contribution in [0.2, 0.25) is 0 Å². The van der Waals surface area contributed by atoms with Crippen LogP contribution in [0.5, 0.6) is 0 Å². The van der Waals surface area contributed by atoms with Gasteiger partial charge in [-0.25, -0.2) is 0 Å². The van der Waals surface area contributed by atoms with Crippen LogP contribution in [0.25, 0.3) is 0 Å². The summed E-state index contributed by atoms with van der Waals surface area (Å²) in [6.07, 6.45) is 2.16. The van der Waals surface area contributed by atoms with Gasteiger partial charge in [-0.1, -0.05) is 48.5 Å². The van der Waals surface area contributed by atoms with Gasteiger partial charge in [0.15, 0.2) is 0 Å². The second-order valence-corrected chi connectivity index (χ2v) is 5.25. The summed E-state index contributed by atoms with van der Waals surface area (Å²) in [5.74, 6) is 0. The molecular weight excluding hydrogens is 230 g/mol. The minimum absolute atomic E-state index is 0.488. The van der Waals surface area contributed by atoms with Crippen molar-refractivity contribution < 1.29 is 0 Å². The van der Waals surface area contributed by atoms with Gasteiger partial charge in [-0.05, 0) is 56.0 Å². The van der Waals surface area contributed by atoms with Gasteiger partial charge >= 0.3 is 0 Å². The van der Waals surface area contributed by atoms with Crippen molar-refractivity contribution in [1.29, 1.82) is 0 Å². The standard InChI is InChI=1S/C18H23N/c1-14-8-4-6-10-16(14)12-18(19-3)13-17-11-7-5-9-15(17)2/h4-11,18-19H,12-13H2,1-3H3. The monoisotopic (exact) mass is 253 g/mol. The third-order valence-electron chi connectivity index (χ3n) is 3.86. The van der Waals surface area contributed by atoms with E-state index in [1.807, 2.05) is 0 Å². The Hall–Kier alpha value is -1.60. The van der Waals surface area contributed by atoms with Crippen LogP contribution in [0.15, 0.2) is 48.5 Å². The van der Waals surface area contributed by atoms with Crippen molar-refractivity contribution in [1.82, 2.24) is 5.32 Å². The Balaban J connectivity index is 2.09. The van der Waals surface area contributed by atoms with Crippen molar-refractivity contribution in [2.24, 2.45) is 0 Å². The topological polar surface area (TPSA) is 12.0 Å². The molecule has 0 saturated carbocycles. The Morgan fingerprint density at radius 3 is 1.58 bits per heavy atom. The van der Waals surface area contributed by atoms with Crippen molar-refractivity contribution in [3.8, 4) is 0 Å². The average molecular weight is 253 g/mol. The van der Waals surface area contributed by atoms with Gasteiger partial charge < -0.3 is 5.32 Å². The van der Waals surface area contributed by atoms with E-state index in [9.17, 15) is 0 Å². The SMILES string of the molecule is CNC(Cc1ccccc1C)Cc1ccccc1C. The van der Waals surface area contributed by atoms with Gasteiger partial charge in [-0.15, -0.1) is 0 Å². The van der Waals surface area contributed by atoms with Gasteiger partial charge in [0.1, 0.15) is 0 Å². The van der Waals surface area contributed by atoms with E-state index >= 15 is 0 Å². The summed E-state index contributed by atoms with van der Waals surface area (Å²) in [5, 5.41) is 3.45. The molecule has 0 aliphatic heterocycles. The van der Waals surface area contributed by atoms with E-state index in [4.69, 9.17) is 0 Å². The minimum Gasteiger partial charge on any atom is -0.316 e. The lowest BCUT2D eigenvalue weighted by molar-refractivity contribution is 0.554. The number of aryl methyl sites for hydroxylation is 2. The molecule has 0 radical (unpaired) electrons. The number of benzene rings is 2. The first-order valence-electron chi connectivity index (χ1n) is 6.97. The van der Waals surface area contributed by atoms with Crippen LogP contribution in [0, 0.1) is 13.8 Å². The molecule has 1 N–H and O–H groups in total. The van der Waals surface area contributed by atoms with Crippen molar-refractivity contribution in [2.75, 3.05) is 7.05 Å². The van der Waals surface area contributed by atoms with Gasteiger partial charge in [0.05, 0.1) is 0 Å². The van der Waals surface area contributed by atoms with Gasteiger partial charge in [-0.3, -0.25) is 0 Å². The van der Waals surface area contributed by atoms with Gasteiger partial charge in [0, 0.05) is 6.04 Å². The van der Waals surface area contributed by atoms with Crippen molar-refractivity contribution in [3.63, 3.8) is 0 Å². The maximum atomic E-state index is 3.45. The summed E-state index contributed by atoms with van der Waals surface area (Å²) in [4.78, 5) is 0. The zero-order valence-electron chi connectivity index (χ0n) is 12.1. The lowest BCUT2D eigenvalue weighted by Gasteiger charge is -2.18. The first-order chi connectivity index (χ1) is 9.20. The van der Waals surface area contributed by atoms with E-state index in [1.165, 1.54) is 22.3 Å². The molecule has 2 aromatic carbocycles. The van der Waals surface area contributed by atoms with Gasteiger partial charge in [0.2, 0.25) is 0 Å². The van der Waals surface area contributed by atoms with E-state index in [1.54, 1.807) is 0 Å². The molecule has 2 rings (SSSR count). The highest BCUT2D eigenvalue weighted by atomic mass is 14.9. The zero-order valence-corrected chi connectivity index (χ0v) is 12.1. The van der Waals surface area contributed by atoms with Gasteiger partial charge in [0.25, 0.3) is 0 Å². The van der Waals surface area contributed by atoms with Crippen LogP contribution in [0.4, 0.5) is 0 Å². The molecule has 2 aromatic rings. The second-order valence-electron chi connectivity index (χ2n) is 5.25. The number of nitrogens with one attached hydrogen (secondary N) is 1. The Labute approximate surface area is 116 Å². The summed E-state index contributed by atoms with van der Waals surface area (Å²) in [7, 11) is 2.06.